The van der Waals surface area contributed by atoms with Gasteiger partial charge in [-0.2, -0.15) is 18.3 Å². The van der Waals surface area contributed by atoms with Crippen LogP contribution in [0.5, 0.6) is 0 Å². The highest BCUT2D eigenvalue weighted by atomic mass is 19.4. The monoisotopic (exact) mass is 264 g/mol. The molecule has 18 heavy (non-hydrogen) atoms. The first-order valence-corrected chi connectivity index (χ1v) is 6.16. The highest BCUT2D eigenvalue weighted by Crippen LogP contribution is 2.14. The van der Waals surface area contributed by atoms with Gasteiger partial charge in [-0.25, -0.2) is 0 Å². The van der Waals surface area contributed by atoms with Crippen molar-refractivity contribution in [1.82, 2.24) is 9.78 Å². The van der Waals surface area contributed by atoms with Crippen molar-refractivity contribution in [2.45, 2.75) is 45.8 Å². The van der Waals surface area contributed by atoms with Gasteiger partial charge in [-0.05, 0) is 25.3 Å². The molecule has 6 heteroatoms. The van der Waals surface area contributed by atoms with Crippen LogP contribution in [-0.2, 0) is 24.1 Å². The van der Waals surface area contributed by atoms with Crippen LogP contribution in [0.2, 0.25) is 0 Å². The molecular formula is C12H19F3N2O. The number of nitrogens with zero attached hydrogens (tertiary/aromatic N) is 2. The molecule has 0 radical (unpaired) electrons. The minimum atomic E-state index is -4.24. The minimum Gasteiger partial charge on any atom is -0.372 e. The lowest BCUT2D eigenvalue weighted by Gasteiger charge is -2.08. The summed E-state index contributed by atoms with van der Waals surface area (Å²) in [6.07, 6.45) is -1.97. The van der Waals surface area contributed by atoms with Gasteiger partial charge in [0.05, 0.1) is 5.69 Å². The maximum atomic E-state index is 11.8. The predicted molar refractivity (Wildman–Crippen MR) is 62.5 cm³/mol. The Morgan fingerprint density at radius 1 is 1.28 bits per heavy atom. The molecule has 0 saturated heterocycles. The average Bonchev–Trinajstić information content (AvgIpc) is 2.69. The van der Waals surface area contributed by atoms with E-state index >= 15 is 0 Å². The van der Waals surface area contributed by atoms with Gasteiger partial charge in [0.2, 0.25) is 0 Å². The number of ether oxygens (including phenoxy) is 1. The Labute approximate surface area is 105 Å². The zero-order chi connectivity index (χ0) is 13.6. The fraction of sp³-hybridized carbons (Fsp3) is 0.750. The first-order valence-electron chi connectivity index (χ1n) is 6.16. The van der Waals surface area contributed by atoms with Gasteiger partial charge in [0.15, 0.2) is 0 Å². The normalized spacial score (nSPS) is 12.1. The van der Waals surface area contributed by atoms with Crippen LogP contribution in [0.1, 0.15) is 31.7 Å². The molecule has 0 saturated carbocycles. The van der Waals surface area contributed by atoms with Gasteiger partial charge in [-0.15, -0.1) is 0 Å². The van der Waals surface area contributed by atoms with Gasteiger partial charge in [0, 0.05) is 18.8 Å². The van der Waals surface area contributed by atoms with E-state index < -0.39 is 12.8 Å². The van der Waals surface area contributed by atoms with Crippen LogP contribution in [-0.4, -0.2) is 29.2 Å². The molecule has 1 aromatic heterocycles. The zero-order valence-corrected chi connectivity index (χ0v) is 10.8. The molecule has 0 aromatic carbocycles. The number of aromatic nitrogens is 2. The van der Waals surface area contributed by atoms with Crippen LogP contribution in [0.25, 0.3) is 0 Å². The van der Waals surface area contributed by atoms with Crippen molar-refractivity contribution in [3.8, 4) is 0 Å². The molecule has 1 rings (SSSR count). The lowest BCUT2D eigenvalue weighted by Crippen LogP contribution is -2.18. The van der Waals surface area contributed by atoms with E-state index in [9.17, 15) is 13.2 Å². The Hall–Kier alpha value is -1.04. The van der Waals surface area contributed by atoms with Gasteiger partial charge in [-0.1, -0.05) is 13.8 Å². The molecule has 0 N–H and O–H groups in total. The lowest BCUT2D eigenvalue weighted by atomic mass is 10.2. The van der Waals surface area contributed by atoms with E-state index in [2.05, 4.69) is 9.84 Å². The van der Waals surface area contributed by atoms with Crippen molar-refractivity contribution < 1.29 is 17.9 Å². The van der Waals surface area contributed by atoms with Crippen molar-refractivity contribution in [3.63, 3.8) is 0 Å². The summed E-state index contributed by atoms with van der Waals surface area (Å²) in [7, 11) is 0. The SMILES string of the molecule is CCc1cc(CC)n(CCCOCC(F)(F)F)n1. The molecule has 0 atom stereocenters. The summed E-state index contributed by atoms with van der Waals surface area (Å²) in [5.41, 5.74) is 2.13. The Morgan fingerprint density at radius 3 is 2.56 bits per heavy atom. The molecule has 104 valence electrons. The number of aryl methyl sites for hydroxylation is 3. The van der Waals surface area contributed by atoms with Crippen LogP contribution in [0.15, 0.2) is 6.07 Å². The third-order valence-electron chi connectivity index (χ3n) is 2.56. The first kappa shape index (κ1) is 15.0. The van der Waals surface area contributed by atoms with E-state index in [1.807, 2.05) is 24.6 Å². The number of hydrogen-bond acceptors (Lipinski definition) is 2. The van der Waals surface area contributed by atoms with E-state index in [0.717, 1.165) is 24.2 Å². The summed E-state index contributed by atoms with van der Waals surface area (Å²) in [4.78, 5) is 0. The molecule has 0 aliphatic heterocycles. The van der Waals surface area contributed by atoms with Gasteiger partial charge >= 0.3 is 6.18 Å². The second-order valence-corrected chi connectivity index (χ2v) is 4.08. The molecule has 1 aromatic rings. The average molecular weight is 264 g/mol. The minimum absolute atomic E-state index is 0.101. The van der Waals surface area contributed by atoms with Crippen LogP contribution in [0.4, 0.5) is 13.2 Å². The van der Waals surface area contributed by atoms with Gasteiger partial charge < -0.3 is 4.74 Å². The van der Waals surface area contributed by atoms with Crippen LogP contribution in [0.3, 0.4) is 0 Å². The molecule has 3 nitrogen and oxygen atoms in total. The van der Waals surface area contributed by atoms with Crippen LogP contribution < -0.4 is 0 Å². The van der Waals surface area contributed by atoms with Gasteiger partial charge in [-0.3, -0.25) is 4.68 Å². The second kappa shape index (κ2) is 6.78. The lowest BCUT2D eigenvalue weighted by molar-refractivity contribution is -0.174. The number of rotatable bonds is 7. The van der Waals surface area contributed by atoms with E-state index in [4.69, 9.17) is 0 Å². The second-order valence-electron chi connectivity index (χ2n) is 4.08. The van der Waals surface area contributed by atoms with Crippen molar-refractivity contribution in [2.75, 3.05) is 13.2 Å². The Balaban J connectivity index is 2.32. The molecule has 0 unspecified atom stereocenters. The van der Waals surface area contributed by atoms with E-state index in [-0.39, 0.29) is 6.61 Å². The Kier molecular flexibility index (Phi) is 5.65. The largest absolute Gasteiger partial charge is 0.411 e. The summed E-state index contributed by atoms with van der Waals surface area (Å²) in [5.74, 6) is 0. The van der Waals surface area contributed by atoms with E-state index in [0.29, 0.717) is 13.0 Å². The number of hydrogen-bond donors (Lipinski definition) is 0. The highest BCUT2D eigenvalue weighted by molar-refractivity contribution is 5.10. The summed E-state index contributed by atoms with van der Waals surface area (Å²) < 4.78 is 41.9. The summed E-state index contributed by atoms with van der Waals surface area (Å²) >= 11 is 0. The topological polar surface area (TPSA) is 27.1 Å². The maximum absolute atomic E-state index is 11.8. The quantitative estimate of drug-likeness (QED) is 0.708. The van der Waals surface area contributed by atoms with E-state index in [1.165, 1.54) is 0 Å². The van der Waals surface area contributed by atoms with Crippen molar-refractivity contribution in [3.05, 3.63) is 17.5 Å². The molecule has 1 heterocycles. The molecule has 0 spiro atoms. The third kappa shape index (κ3) is 5.08. The number of alkyl halides is 3. The standard InChI is InChI=1S/C12H19F3N2O/c1-3-10-8-11(4-2)17(16-10)6-5-7-18-9-12(13,14)15/h8H,3-7,9H2,1-2H3. The highest BCUT2D eigenvalue weighted by Gasteiger charge is 2.27. The molecule has 0 fully saturated rings. The van der Waals surface area contributed by atoms with E-state index in [1.54, 1.807) is 0 Å². The molecule has 0 bridgehead atoms. The Morgan fingerprint density at radius 2 is 2.00 bits per heavy atom. The first-order chi connectivity index (χ1) is 8.46. The van der Waals surface area contributed by atoms with Crippen LogP contribution >= 0.6 is 0 Å². The van der Waals surface area contributed by atoms with Crippen molar-refractivity contribution in [2.24, 2.45) is 0 Å². The summed E-state index contributed by atoms with van der Waals surface area (Å²) in [5, 5.41) is 4.38. The number of halogens is 3. The fourth-order valence-corrected chi connectivity index (χ4v) is 1.67. The van der Waals surface area contributed by atoms with Gasteiger partial charge in [0.25, 0.3) is 0 Å². The summed E-state index contributed by atoms with van der Waals surface area (Å²) in [6.45, 7) is 3.59. The van der Waals surface area contributed by atoms with Gasteiger partial charge in [0.1, 0.15) is 6.61 Å². The fourth-order valence-electron chi connectivity index (χ4n) is 1.67. The molecular weight excluding hydrogens is 245 g/mol. The smallest absolute Gasteiger partial charge is 0.372 e. The molecule has 0 aliphatic carbocycles. The predicted octanol–water partition coefficient (Wildman–Crippen LogP) is 2.98. The zero-order valence-electron chi connectivity index (χ0n) is 10.8. The molecule has 0 aliphatic rings. The van der Waals surface area contributed by atoms with Crippen molar-refractivity contribution >= 4 is 0 Å². The van der Waals surface area contributed by atoms with Crippen molar-refractivity contribution in [1.29, 1.82) is 0 Å². The summed E-state index contributed by atoms with van der Waals surface area (Å²) in [6, 6.07) is 2.04. The maximum Gasteiger partial charge on any atom is 0.411 e. The third-order valence-corrected chi connectivity index (χ3v) is 2.56. The van der Waals surface area contributed by atoms with Crippen LogP contribution in [0, 0.1) is 0 Å². The Bertz CT molecular complexity index is 361. The molecule has 0 amide bonds.